The van der Waals surface area contributed by atoms with Gasteiger partial charge < -0.3 is 11.1 Å². The van der Waals surface area contributed by atoms with E-state index in [-0.39, 0.29) is 18.3 Å². The van der Waals surface area contributed by atoms with E-state index in [0.29, 0.717) is 18.7 Å². The highest BCUT2D eigenvalue weighted by molar-refractivity contribution is 7.11. The van der Waals surface area contributed by atoms with Crippen molar-refractivity contribution in [3.63, 3.8) is 0 Å². The molecule has 1 aromatic carbocycles. The molecule has 0 fully saturated rings. The molecule has 1 heterocycles. The lowest BCUT2D eigenvalue weighted by Gasteiger charge is -2.06. The summed E-state index contributed by atoms with van der Waals surface area (Å²) in [6.45, 7) is 1.13. The molecule has 1 amide bonds. The van der Waals surface area contributed by atoms with Gasteiger partial charge in [-0.1, -0.05) is 12.1 Å². The highest BCUT2D eigenvalue weighted by atomic mass is 35.5. The molecular formula is C17H22ClN3OS. The van der Waals surface area contributed by atoms with Crippen LogP contribution in [0.3, 0.4) is 0 Å². The summed E-state index contributed by atoms with van der Waals surface area (Å²) in [5.74, 6) is -0.0371. The standard InChI is InChI=1S/C17H21N3OS.ClH/c18-11-12-5-7-13(8-6-12)17(21)19-10-9-16-20-14-3-1-2-4-15(14)22-16;/h5-8H,1-4,9-11,18H2,(H,19,21);1H. The molecule has 0 bridgehead atoms. The summed E-state index contributed by atoms with van der Waals surface area (Å²) in [4.78, 5) is 18.2. The molecule has 3 rings (SSSR count). The van der Waals surface area contributed by atoms with Crippen molar-refractivity contribution >= 4 is 29.7 Å². The molecule has 23 heavy (non-hydrogen) atoms. The molecule has 0 aliphatic heterocycles. The van der Waals surface area contributed by atoms with Crippen molar-refractivity contribution < 1.29 is 4.79 Å². The molecule has 4 nitrogen and oxygen atoms in total. The lowest BCUT2D eigenvalue weighted by molar-refractivity contribution is 0.0954. The first-order valence-electron chi connectivity index (χ1n) is 7.81. The number of benzene rings is 1. The van der Waals surface area contributed by atoms with Gasteiger partial charge in [-0.15, -0.1) is 23.7 Å². The van der Waals surface area contributed by atoms with Crippen LogP contribution in [0.1, 0.15) is 44.3 Å². The van der Waals surface area contributed by atoms with Gasteiger partial charge in [0.25, 0.3) is 5.91 Å². The Morgan fingerprint density at radius 1 is 1.22 bits per heavy atom. The largest absolute Gasteiger partial charge is 0.352 e. The molecule has 0 radical (unpaired) electrons. The fraction of sp³-hybridized carbons (Fsp3) is 0.412. The molecular weight excluding hydrogens is 330 g/mol. The SMILES string of the molecule is Cl.NCc1ccc(C(=O)NCCc2nc3c(s2)CCCC3)cc1. The molecule has 2 aromatic rings. The molecule has 3 N–H and O–H groups in total. The van der Waals surface area contributed by atoms with E-state index in [1.165, 1.54) is 29.8 Å². The van der Waals surface area contributed by atoms with Crippen LogP contribution in [0.15, 0.2) is 24.3 Å². The van der Waals surface area contributed by atoms with Crippen LogP contribution in [-0.4, -0.2) is 17.4 Å². The van der Waals surface area contributed by atoms with Crippen LogP contribution in [0.25, 0.3) is 0 Å². The number of rotatable bonds is 5. The number of hydrogen-bond donors (Lipinski definition) is 2. The third kappa shape index (κ3) is 4.53. The maximum Gasteiger partial charge on any atom is 0.251 e. The molecule has 0 unspecified atom stereocenters. The van der Waals surface area contributed by atoms with Crippen molar-refractivity contribution in [3.8, 4) is 0 Å². The van der Waals surface area contributed by atoms with Crippen molar-refractivity contribution in [3.05, 3.63) is 51.0 Å². The second-order valence-electron chi connectivity index (χ2n) is 5.59. The van der Waals surface area contributed by atoms with Gasteiger partial charge >= 0.3 is 0 Å². The fourth-order valence-corrected chi connectivity index (χ4v) is 3.85. The predicted molar refractivity (Wildman–Crippen MR) is 96.4 cm³/mol. The van der Waals surface area contributed by atoms with Crippen LogP contribution in [-0.2, 0) is 25.8 Å². The van der Waals surface area contributed by atoms with Gasteiger partial charge in [-0.05, 0) is 43.4 Å². The Hall–Kier alpha value is -1.43. The summed E-state index contributed by atoms with van der Waals surface area (Å²) in [5, 5.41) is 4.11. The number of thiazole rings is 1. The van der Waals surface area contributed by atoms with Crippen molar-refractivity contribution in [1.82, 2.24) is 10.3 Å². The highest BCUT2D eigenvalue weighted by Crippen LogP contribution is 2.26. The Morgan fingerprint density at radius 2 is 1.96 bits per heavy atom. The average molecular weight is 352 g/mol. The van der Waals surface area contributed by atoms with Crippen LogP contribution < -0.4 is 11.1 Å². The molecule has 1 aliphatic carbocycles. The minimum atomic E-state index is -0.0371. The average Bonchev–Trinajstić information content (AvgIpc) is 2.97. The van der Waals surface area contributed by atoms with Gasteiger partial charge in [0.1, 0.15) is 0 Å². The molecule has 0 atom stereocenters. The zero-order valence-electron chi connectivity index (χ0n) is 13.0. The van der Waals surface area contributed by atoms with Crippen molar-refractivity contribution in [2.75, 3.05) is 6.54 Å². The Morgan fingerprint density at radius 3 is 2.65 bits per heavy atom. The highest BCUT2D eigenvalue weighted by Gasteiger charge is 2.15. The zero-order valence-corrected chi connectivity index (χ0v) is 14.6. The predicted octanol–water partition coefficient (Wildman–Crippen LogP) is 2.87. The summed E-state index contributed by atoms with van der Waals surface area (Å²) in [5.41, 5.74) is 8.55. The van der Waals surface area contributed by atoms with E-state index < -0.39 is 0 Å². The van der Waals surface area contributed by atoms with Crippen molar-refractivity contribution in [2.45, 2.75) is 38.6 Å². The van der Waals surface area contributed by atoms with E-state index in [9.17, 15) is 4.79 Å². The number of aromatic nitrogens is 1. The number of nitrogens with two attached hydrogens (primary N) is 1. The number of nitrogens with one attached hydrogen (secondary N) is 1. The van der Waals surface area contributed by atoms with E-state index >= 15 is 0 Å². The normalized spacial score (nSPS) is 13.1. The van der Waals surface area contributed by atoms with E-state index in [1.807, 2.05) is 35.6 Å². The summed E-state index contributed by atoms with van der Waals surface area (Å²) >= 11 is 1.81. The van der Waals surface area contributed by atoms with E-state index in [0.717, 1.165) is 23.4 Å². The minimum absolute atomic E-state index is 0. The number of carbonyl (C=O) groups excluding carboxylic acids is 1. The lowest BCUT2D eigenvalue weighted by Crippen LogP contribution is -2.25. The topological polar surface area (TPSA) is 68.0 Å². The number of amides is 1. The molecule has 0 saturated carbocycles. The van der Waals surface area contributed by atoms with Crippen molar-refractivity contribution in [2.24, 2.45) is 5.73 Å². The van der Waals surface area contributed by atoms with Gasteiger partial charge in [0, 0.05) is 30.0 Å². The Labute approximate surface area is 146 Å². The second kappa shape index (κ2) is 8.43. The minimum Gasteiger partial charge on any atom is -0.352 e. The number of hydrogen-bond acceptors (Lipinski definition) is 4. The van der Waals surface area contributed by atoms with Gasteiger partial charge in [-0.3, -0.25) is 4.79 Å². The van der Waals surface area contributed by atoms with E-state index in [2.05, 4.69) is 5.32 Å². The number of halogens is 1. The Kier molecular flexibility index (Phi) is 6.57. The molecule has 0 spiro atoms. The first kappa shape index (κ1) is 17.9. The summed E-state index contributed by atoms with van der Waals surface area (Å²) in [7, 11) is 0. The first-order chi connectivity index (χ1) is 10.8. The lowest BCUT2D eigenvalue weighted by atomic mass is 10.0. The zero-order chi connectivity index (χ0) is 15.4. The first-order valence-corrected chi connectivity index (χ1v) is 8.62. The van der Waals surface area contributed by atoms with Gasteiger partial charge in [-0.25, -0.2) is 4.98 Å². The molecule has 0 saturated heterocycles. The quantitative estimate of drug-likeness (QED) is 0.870. The summed E-state index contributed by atoms with van der Waals surface area (Å²) < 4.78 is 0. The Balaban J connectivity index is 0.00000192. The van der Waals surface area contributed by atoms with Crippen LogP contribution in [0.2, 0.25) is 0 Å². The van der Waals surface area contributed by atoms with Gasteiger partial charge in [0.15, 0.2) is 0 Å². The molecule has 6 heteroatoms. The summed E-state index contributed by atoms with van der Waals surface area (Å²) in [6.07, 6.45) is 5.64. The maximum absolute atomic E-state index is 12.1. The smallest absolute Gasteiger partial charge is 0.251 e. The number of fused-ring (bicyclic) bond motifs is 1. The second-order valence-corrected chi connectivity index (χ2v) is 6.76. The molecule has 1 aliphatic rings. The van der Waals surface area contributed by atoms with Crippen LogP contribution >= 0.6 is 23.7 Å². The number of aryl methyl sites for hydroxylation is 2. The van der Waals surface area contributed by atoms with Gasteiger partial charge in [0.05, 0.1) is 10.7 Å². The molecule has 124 valence electrons. The van der Waals surface area contributed by atoms with E-state index in [4.69, 9.17) is 10.7 Å². The fourth-order valence-electron chi connectivity index (χ4n) is 2.69. The van der Waals surface area contributed by atoms with Crippen LogP contribution in [0.5, 0.6) is 0 Å². The van der Waals surface area contributed by atoms with Crippen molar-refractivity contribution in [1.29, 1.82) is 0 Å². The summed E-state index contributed by atoms with van der Waals surface area (Å²) in [6, 6.07) is 7.42. The number of nitrogens with zero attached hydrogens (tertiary/aromatic N) is 1. The maximum atomic E-state index is 12.1. The van der Waals surface area contributed by atoms with E-state index in [1.54, 1.807) is 0 Å². The third-order valence-corrected chi connectivity index (χ3v) is 5.18. The Bertz CT molecular complexity index is 631. The van der Waals surface area contributed by atoms with Crippen LogP contribution in [0, 0.1) is 0 Å². The third-order valence-electron chi connectivity index (χ3n) is 3.97. The van der Waals surface area contributed by atoms with Gasteiger partial charge in [0.2, 0.25) is 0 Å². The number of carbonyl (C=O) groups is 1. The monoisotopic (exact) mass is 351 g/mol. The molecule has 1 aromatic heterocycles. The van der Waals surface area contributed by atoms with Gasteiger partial charge in [-0.2, -0.15) is 0 Å². The van der Waals surface area contributed by atoms with Crippen LogP contribution in [0.4, 0.5) is 0 Å².